The van der Waals surface area contributed by atoms with Gasteiger partial charge < -0.3 is 18.8 Å². The van der Waals surface area contributed by atoms with Crippen molar-refractivity contribution in [1.82, 2.24) is 4.90 Å². The molecule has 26 heavy (non-hydrogen) atoms. The standard InChI is InChI=1S/C19H21NO6/c1-2-24-19(23)14-4-3-9-20(11-14)17(21)12-25-15-7-5-13-6-8-18(22)26-16(13)10-15/h5-8,10,14H,2-4,9,11-12H2,1H3. The van der Waals surface area contributed by atoms with Crippen molar-refractivity contribution in [2.75, 3.05) is 26.3 Å². The number of likely N-dealkylation sites (tertiary alicyclic amines) is 1. The summed E-state index contributed by atoms with van der Waals surface area (Å²) in [5, 5.41) is 0.775. The van der Waals surface area contributed by atoms with Crippen LogP contribution in [0, 0.1) is 5.92 Å². The highest BCUT2D eigenvalue weighted by Crippen LogP contribution is 2.21. The Balaban J connectivity index is 1.59. The maximum absolute atomic E-state index is 12.4. The van der Waals surface area contributed by atoms with E-state index < -0.39 is 5.63 Å². The fourth-order valence-corrected chi connectivity index (χ4v) is 3.02. The molecule has 1 unspecified atom stereocenters. The minimum atomic E-state index is -0.441. The minimum absolute atomic E-state index is 0.141. The van der Waals surface area contributed by atoms with E-state index >= 15 is 0 Å². The SMILES string of the molecule is CCOC(=O)C1CCCN(C(=O)COc2ccc3ccc(=O)oc3c2)C1. The van der Waals surface area contributed by atoms with E-state index in [1.807, 2.05) is 0 Å². The lowest BCUT2D eigenvalue weighted by molar-refractivity contribution is -0.151. The smallest absolute Gasteiger partial charge is 0.336 e. The molecule has 7 nitrogen and oxygen atoms in total. The normalized spacial score (nSPS) is 17.1. The Morgan fingerprint density at radius 2 is 2.08 bits per heavy atom. The lowest BCUT2D eigenvalue weighted by atomic mass is 9.98. The number of hydrogen-bond donors (Lipinski definition) is 0. The largest absolute Gasteiger partial charge is 0.484 e. The van der Waals surface area contributed by atoms with Gasteiger partial charge in [0.05, 0.1) is 12.5 Å². The van der Waals surface area contributed by atoms with Gasteiger partial charge in [0, 0.05) is 30.6 Å². The van der Waals surface area contributed by atoms with Crippen LogP contribution in [0.25, 0.3) is 11.0 Å². The van der Waals surface area contributed by atoms with E-state index in [0.717, 1.165) is 18.2 Å². The zero-order valence-electron chi connectivity index (χ0n) is 14.6. The molecule has 0 aliphatic carbocycles. The quantitative estimate of drug-likeness (QED) is 0.599. The summed E-state index contributed by atoms with van der Waals surface area (Å²) in [6, 6.07) is 8.08. The van der Waals surface area contributed by atoms with E-state index in [-0.39, 0.29) is 24.4 Å². The van der Waals surface area contributed by atoms with Crippen LogP contribution in [0.1, 0.15) is 19.8 Å². The highest BCUT2D eigenvalue weighted by atomic mass is 16.5. The second-order valence-corrected chi connectivity index (χ2v) is 6.17. The van der Waals surface area contributed by atoms with Gasteiger partial charge in [-0.25, -0.2) is 4.79 Å². The summed E-state index contributed by atoms with van der Waals surface area (Å²) in [7, 11) is 0. The summed E-state index contributed by atoms with van der Waals surface area (Å²) >= 11 is 0. The predicted molar refractivity (Wildman–Crippen MR) is 93.9 cm³/mol. The molecule has 0 N–H and O–H groups in total. The van der Waals surface area contributed by atoms with Crippen LogP contribution in [-0.2, 0) is 14.3 Å². The third-order valence-electron chi connectivity index (χ3n) is 4.35. The molecule has 138 valence electrons. The molecule has 1 saturated heterocycles. The van der Waals surface area contributed by atoms with Crippen molar-refractivity contribution in [2.45, 2.75) is 19.8 Å². The number of piperidine rings is 1. The van der Waals surface area contributed by atoms with Gasteiger partial charge in [-0.3, -0.25) is 9.59 Å². The average Bonchev–Trinajstić information content (AvgIpc) is 2.66. The van der Waals surface area contributed by atoms with Gasteiger partial charge in [-0.15, -0.1) is 0 Å². The van der Waals surface area contributed by atoms with Crippen molar-refractivity contribution < 1.29 is 23.5 Å². The van der Waals surface area contributed by atoms with Crippen molar-refractivity contribution in [2.24, 2.45) is 5.92 Å². The topological polar surface area (TPSA) is 86.0 Å². The molecule has 1 aliphatic rings. The number of hydrogen-bond acceptors (Lipinski definition) is 6. The van der Waals surface area contributed by atoms with Crippen molar-refractivity contribution >= 4 is 22.8 Å². The van der Waals surface area contributed by atoms with E-state index in [0.29, 0.717) is 31.0 Å². The number of carbonyl (C=O) groups excluding carboxylic acids is 2. The molecule has 3 rings (SSSR count). The van der Waals surface area contributed by atoms with Gasteiger partial charge >= 0.3 is 11.6 Å². The van der Waals surface area contributed by atoms with Crippen LogP contribution in [0.2, 0.25) is 0 Å². The fourth-order valence-electron chi connectivity index (χ4n) is 3.02. The molecule has 0 saturated carbocycles. The van der Waals surface area contributed by atoms with Gasteiger partial charge in [0.25, 0.3) is 5.91 Å². The first kappa shape index (κ1) is 18.0. The van der Waals surface area contributed by atoms with Gasteiger partial charge in [0.15, 0.2) is 6.61 Å². The lowest BCUT2D eigenvalue weighted by Crippen LogP contribution is -2.44. The van der Waals surface area contributed by atoms with Gasteiger partial charge in [-0.05, 0) is 38.0 Å². The highest BCUT2D eigenvalue weighted by Gasteiger charge is 2.29. The number of carbonyl (C=O) groups is 2. The number of rotatable bonds is 5. The number of amides is 1. The maximum atomic E-state index is 12.4. The molecule has 1 aromatic carbocycles. The Kier molecular flexibility index (Phi) is 5.55. The van der Waals surface area contributed by atoms with E-state index in [1.165, 1.54) is 6.07 Å². The zero-order chi connectivity index (χ0) is 18.5. The molecule has 1 aromatic heterocycles. The molecule has 0 spiro atoms. The van der Waals surface area contributed by atoms with E-state index in [1.54, 1.807) is 36.1 Å². The second-order valence-electron chi connectivity index (χ2n) is 6.17. The Labute approximate surface area is 150 Å². The van der Waals surface area contributed by atoms with E-state index in [9.17, 15) is 14.4 Å². The highest BCUT2D eigenvalue weighted by molar-refractivity contribution is 5.80. The summed E-state index contributed by atoms with van der Waals surface area (Å²) in [5.41, 5.74) is -0.0353. The minimum Gasteiger partial charge on any atom is -0.484 e. The van der Waals surface area contributed by atoms with Gasteiger partial charge in [-0.2, -0.15) is 0 Å². The molecule has 2 aromatic rings. The van der Waals surface area contributed by atoms with Gasteiger partial charge in [-0.1, -0.05) is 0 Å². The van der Waals surface area contributed by atoms with Crippen molar-refractivity contribution in [3.8, 4) is 5.75 Å². The van der Waals surface area contributed by atoms with E-state index in [2.05, 4.69) is 0 Å². The molecule has 0 radical (unpaired) electrons. The Bertz CT molecular complexity index is 858. The predicted octanol–water partition coefficient (Wildman–Crippen LogP) is 1.97. The summed E-state index contributed by atoms with van der Waals surface area (Å²) < 4.78 is 15.7. The molecule has 2 heterocycles. The van der Waals surface area contributed by atoms with Crippen molar-refractivity contribution in [1.29, 1.82) is 0 Å². The molecule has 1 atom stereocenters. The second kappa shape index (κ2) is 8.03. The van der Waals surface area contributed by atoms with Crippen LogP contribution in [-0.4, -0.2) is 43.1 Å². The van der Waals surface area contributed by atoms with Crippen LogP contribution in [0.4, 0.5) is 0 Å². The monoisotopic (exact) mass is 359 g/mol. The van der Waals surface area contributed by atoms with Crippen LogP contribution >= 0.6 is 0 Å². The molecule has 7 heteroatoms. The number of ether oxygens (including phenoxy) is 2. The first-order valence-corrected chi connectivity index (χ1v) is 8.68. The fraction of sp³-hybridized carbons (Fsp3) is 0.421. The number of nitrogens with zero attached hydrogens (tertiary/aromatic N) is 1. The summed E-state index contributed by atoms with van der Waals surface area (Å²) in [5.74, 6) is -0.272. The molecule has 1 amide bonds. The Hall–Kier alpha value is -2.83. The van der Waals surface area contributed by atoms with Gasteiger partial charge in [0.1, 0.15) is 11.3 Å². The number of benzene rings is 1. The van der Waals surface area contributed by atoms with Crippen LogP contribution in [0.3, 0.4) is 0 Å². The molecular formula is C19H21NO6. The lowest BCUT2D eigenvalue weighted by Gasteiger charge is -2.31. The summed E-state index contributed by atoms with van der Waals surface area (Å²) in [6.07, 6.45) is 1.49. The van der Waals surface area contributed by atoms with E-state index in [4.69, 9.17) is 13.9 Å². The number of fused-ring (bicyclic) bond motifs is 1. The van der Waals surface area contributed by atoms with Crippen LogP contribution in [0.5, 0.6) is 5.75 Å². The third kappa shape index (κ3) is 4.22. The zero-order valence-corrected chi connectivity index (χ0v) is 14.6. The summed E-state index contributed by atoms with van der Waals surface area (Å²) in [6.45, 7) is 2.92. The number of esters is 1. The first-order chi connectivity index (χ1) is 12.6. The van der Waals surface area contributed by atoms with Crippen molar-refractivity contribution in [3.05, 3.63) is 40.8 Å². The maximum Gasteiger partial charge on any atom is 0.336 e. The average molecular weight is 359 g/mol. The molecule has 1 aliphatic heterocycles. The van der Waals surface area contributed by atoms with Crippen LogP contribution in [0.15, 0.2) is 39.5 Å². The van der Waals surface area contributed by atoms with Crippen molar-refractivity contribution in [3.63, 3.8) is 0 Å². The van der Waals surface area contributed by atoms with Gasteiger partial charge in [0.2, 0.25) is 0 Å². The Morgan fingerprint density at radius 1 is 1.27 bits per heavy atom. The first-order valence-electron chi connectivity index (χ1n) is 8.68. The van der Waals surface area contributed by atoms with Crippen LogP contribution < -0.4 is 10.4 Å². The molecule has 1 fully saturated rings. The third-order valence-corrected chi connectivity index (χ3v) is 4.35. The molecular weight excluding hydrogens is 338 g/mol. The summed E-state index contributed by atoms with van der Waals surface area (Å²) in [4.78, 5) is 37.2. The molecule has 0 bridgehead atoms. The Morgan fingerprint density at radius 3 is 2.88 bits per heavy atom.